The highest BCUT2D eigenvalue weighted by atomic mass is 19.1. The van der Waals surface area contributed by atoms with Crippen molar-refractivity contribution in [3.63, 3.8) is 0 Å². The summed E-state index contributed by atoms with van der Waals surface area (Å²) >= 11 is 0. The van der Waals surface area contributed by atoms with E-state index in [9.17, 15) is 9.18 Å². The summed E-state index contributed by atoms with van der Waals surface area (Å²) < 4.78 is 12.5. The second kappa shape index (κ2) is 5.14. The van der Waals surface area contributed by atoms with E-state index in [0.717, 1.165) is 5.56 Å². The standard InChI is InChI=1S/C10H10FNO2/c1-14-12-10(13)7-4-8-2-5-9(11)6-3-8/h2-7H,1H3,(H,12,13). The zero-order valence-electron chi connectivity index (χ0n) is 7.66. The first-order chi connectivity index (χ1) is 6.72. The summed E-state index contributed by atoms with van der Waals surface area (Å²) in [6.45, 7) is 0. The van der Waals surface area contributed by atoms with Crippen molar-refractivity contribution in [2.75, 3.05) is 7.11 Å². The fourth-order valence-electron chi connectivity index (χ4n) is 0.880. The average Bonchev–Trinajstić information content (AvgIpc) is 2.17. The van der Waals surface area contributed by atoms with Gasteiger partial charge in [0, 0.05) is 6.08 Å². The predicted octanol–water partition coefficient (Wildman–Crippen LogP) is 1.52. The van der Waals surface area contributed by atoms with Gasteiger partial charge in [-0.15, -0.1) is 0 Å². The Bertz CT molecular complexity index is 332. The molecular weight excluding hydrogens is 185 g/mol. The summed E-state index contributed by atoms with van der Waals surface area (Å²) in [5.41, 5.74) is 2.88. The van der Waals surface area contributed by atoms with E-state index >= 15 is 0 Å². The van der Waals surface area contributed by atoms with Gasteiger partial charge in [-0.05, 0) is 23.8 Å². The first-order valence-electron chi connectivity index (χ1n) is 3.99. The van der Waals surface area contributed by atoms with Gasteiger partial charge in [0.1, 0.15) is 5.82 Å². The van der Waals surface area contributed by atoms with E-state index < -0.39 is 0 Å². The number of rotatable bonds is 3. The normalized spacial score (nSPS) is 10.4. The molecule has 0 atom stereocenters. The van der Waals surface area contributed by atoms with Gasteiger partial charge in [0.15, 0.2) is 0 Å². The number of nitrogens with one attached hydrogen (secondary N) is 1. The van der Waals surface area contributed by atoms with Crippen LogP contribution in [-0.4, -0.2) is 13.0 Å². The maximum Gasteiger partial charge on any atom is 0.267 e. The summed E-state index contributed by atoms with van der Waals surface area (Å²) in [4.78, 5) is 15.3. The molecule has 0 aliphatic heterocycles. The summed E-state index contributed by atoms with van der Waals surface area (Å²) in [5.74, 6) is -0.666. The van der Waals surface area contributed by atoms with Crippen LogP contribution in [0.5, 0.6) is 0 Å². The molecule has 0 unspecified atom stereocenters. The molecule has 4 heteroatoms. The van der Waals surface area contributed by atoms with E-state index in [-0.39, 0.29) is 11.7 Å². The van der Waals surface area contributed by atoms with Crippen molar-refractivity contribution in [1.29, 1.82) is 0 Å². The Morgan fingerprint density at radius 3 is 2.64 bits per heavy atom. The summed E-state index contributed by atoms with van der Waals surface area (Å²) in [7, 11) is 1.35. The highest BCUT2D eigenvalue weighted by Crippen LogP contribution is 2.04. The van der Waals surface area contributed by atoms with Gasteiger partial charge >= 0.3 is 0 Å². The molecular formula is C10H10FNO2. The van der Waals surface area contributed by atoms with Crippen LogP contribution in [0.25, 0.3) is 6.08 Å². The van der Waals surface area contributed by atoms with E-state index in [0.29, 0.717) is 0 Å². The van der Waals surface area contributed by atoms with Gasteiger partial charge in [-0.1, -0.05) is 12.1 Å². The number of hydroxylamine groups is 1. The Kier molecular flexibility index (Phi) is 3.82. The van der Waals surface area contributed by atoms with Crippen molar-refractivity contribution in [1.82, 2.24) is 5.48 Å². The molecule has 1 aromatic carbocycles. The third kappa shape index (κ3) is 3.37. The lowest BCUT2D eigenvalue weighted by Crippen LogP contribution is -2.18. The number of halogens is 1. The molecule has 0 radical (unpaired) electrons. The lowest BCUT2D eigenvalue weighted by molar-refractivity contribution is -0.126. The molecule has 0 aliphatic carbocycles. The van der Waals surface area contributed by atoms with Crippen LogP contribution in [-0.2, 0) is 9.63 Å². The Labute approximate surface area is 81.1 Å². The molecule has 0 saturated heterocycles. The first-order valence-corrected chi connectivity index (χ1v) is 3.99. The van der Waals surface area contributed by atoms with Crippen LogP contribution in [0, 0.1) is 5.82 Å². The molecule has 3 nitrogen and oxygen atoms in total. The van der Waals surface area contributed by atoms with Gasteiger partial charge in [0.25, 0.3) is 5.91 Å². The smallest absolute Gasteiger partial charge is 0.267 e. The largest absolute Gasteiger partial charge is 0.277 e. The minimum atomic E-state index is -0.364. The fourth-order valence-corrected chi connectivity index (χ4v) is 0.880. The topological polar surface area (TPSA) is 38.3 Å². The molecule has 1 rings (SSSR count). The molecule has 0 spiro atoms. The molecule has 0 aliphatic rings. The van der Waals surface area contributed by atoms with Gasteiger partial charge in [0.2, 0.25) is 0 Å². The van der Waals surface area contributed by atoms with Crippen LogP contribution < -0.4 is 5.48 Å². The van der Waals surface area contributed by atoms with E-state index in [2.05, 4.69) is 10.3 Å². The number of carbonyl (C=O) groups is 1. The van der Waals surface area contributed by atoms with E-state index in [1.807, 2.05) is 0 Å². The number of hydrogen-bond donors (Lipinski definition) is 1. The van der Waals surface area contributed by atoms with Crippen molar-refractivity contribution in [3.05, 3.63) is 41.7 Å². The van der Waals surface area contributed by atoms with Crippen molar-refractivity contribution in [3.8, 4) is 0 Å². The molecule has 74 valence electrons. The highest BCUT2D eigenvalue weighted by molar-refractivity contribution is 5.90. The Morgan fingerprint density at radius 1 is 1.43 bits per heavy atom. The maximum absolute atomic E-state index is 12.5. The summed E-state index contributed by atoms with van der Waals surface area (Å²) in [6, 6.07) is 5.81. The first kappa shape index (κ1) is 10.4. The van der Waals surface area contributed by atoms with Crippen LogP contribution in [0.4, 0.5) is 4.39 Å². The Balaban J connectivity index is 2.60. The Hall–Kier alpha value is -1.68. The monoisotopic (exact) mass is 195 g/mol. The number of hydrogen-bond acceptors (Lipinski definition) is 2. The molecule has 14 heavy (non-hydrogen) atoms. The molecule has 0 bridgehead atoms. The SMILES string of the molecule is CONC(=O)C=Cc1ccc(F)cc1. The van der Waals surface area contributed by atoms with Crippen molar-refractivity contribution in [2.45, 2.75) is 0 Å². The number of amides is 1. The maximum atomic E-state index is 12.5. The van der Waals surface area contributed by atoms with E-state index in [1.54, 1.807) is 18.2 Å². The van der Waals surface area contributed by atoms with Gasteiger partial charge in [-0.2, -0.15) is 0 Å². The zero-order valence-corrected chi connectivity index (χ0v) is 7.66. The molecule has 0 heterocycles. The van der Waals surface area contributed by atoms with Crippen molar-refractivity contribution < 1.29 is 14.0 Å². The van der Waals surface area contributed by atoms with Crippen LogP contribution in [0.2, 0.25) is 0 Å². The van der Waals surface area contributed by atoms with Crippen LogP contribution >= 0.6 is 0 Å². The van der Waals surface area contributed by atoms with Gasteiger partial charge in [-0.25, -0.2) is 9.87 Å². The van der Waals surface area contributed by atoms with Crippen LogP contribution in [0.3, 0.4) is 0 Å². The van der Waals surface area contributed by atoms with Crippen LogP contribution in [0.1, 0.15) is 5.56 Å². The van der Waals surface area contributed by atoms with Gasteiger partial charge < -0.3 is 0 Å². The molecule has 0 fully saturated rings. The fraction of sp³-hybridized carbons (Fsp3) is 0.100. The number of benzene rings is 1. The quantitative estimate of drug-likeness (QED) is 0.586. The van der Waals surface area contributed by atoms with Gasteiger partial charge in [0.05, 0.1) is 7.11 Å². The predicted molar refractivity (Wildman–Crippen MR) is 50.6 cm³/mol. The van der Waals surface area contributed by atoms with Crippen LogP contribution in [0.15, 0.2) is 30.3 Å². The summed E-state index contributed by atoms with van der Waals surface area (Å²) in [5, 5.41) is 0. The third-order valence-corrected chi connectivity index (χ3v) is 1.50. The van der Waals surface area contributed by atoms with Gasteiger partial charge in [-0.3, -0.25) is 9.63 Å². The third-order valence-electron chi connectivity index (χ3n) is 1.50. The van der Waals surface area contributed by atoms with E-state index in [1.165, 1.54) is 25.3 Å². The Morgan fingerprint density at radius 2 is 2.07 bits per heavy atom. The second-order valence-electron chi connectivity index (χ2n) is 2.56. The average molecular weight is 195 g/mol. The van der Waals surface area contributed by atoms with Crippen molar-refractivity contribution >= 4 is 12.0 Å². The number of carbonyl (C=O) groups excluding carboxylic acids is 1. The molecule has 0 aromatic heterocycles. The molecule has 1 amide bonds. The summed E-state index contributed by atoms with van der Waals surface area (Å²) in [6.07, 6.45) is 2.87. The minimum absolute atomic E-state index is 0.302. The zero-order chi connectivity index (χ0) is 10.4. The lowest BCUT2D eigenvalue weighted by Gasteiger charge is -1.95. The molecule has 1 N–H and O–H groups in total. The second-order valence-corrected chi connectivity index (χ2v) is 2.56. The lowest BCUT2D eigenvalue weighted by atomic mass is 10.2. The molecule has 1 aromatic rings. The van der Waals surface area contributed by atoms with E-state index in [4.69, 9.17) is 0 Å². The van der Waals surface area contributed by atoms with Crippen molar-refractivity contribution in [2.24, 2.45) is 0 Å². The highest BCUT2D eigenvalue weighted by Gasteiger charge is 1.92. The molecule has 0 saturated carbocycles. The minimum Gasteiger partial charge on any atom is -0.277 e.